The van der Waals surface area contributed by atoms with Gasteiger partial charge in [-0.3, -0.25) is 0 Å². The van der Waals surface area contributed by atoms with Gasteiger partial charge >= 0.3 is 5.97 Å². The highest BCUT2D eigenvalue weighted by atomic mass is 16.5. The Morgan fingerprint density at radius 2 is 1.79 bits per heavy atom. The molecule has 0 atom stereocenters. The van der Waals surface area contributed by atoms with Crippen molar-refractivity contribution in [2.75, 3.05) is 14.1 Å². The number of esters is 1. The molecule has 0 radical (unpaired) electrons. The predicted octanol–water partition coefficient (Wildman–Crippen LogP) is 2.97. The average Bonchev–Trinajstić information content (AvgIpc) is 2.39. The zero-order valence-electron chi connectivity index (χ0n) is 11.2. The zero-order valence-corrected chi connectivity index (χ0v) is 11.2. The third-order valence-corrected chi connectivity index (χ3v) is 2.62. The van der Waals surface area contributed by atoms with Crippen molar-refractivity contribution in [3.05, 3.63) is 65.7 Å². The van der Waals surface area contributed by atoms with E-state index in [4.69, 9.17) is 4.74 Å². The lowest BCUT2D eigenvalue weighted by molar-refractivity contribution is 0.0734. The van der Waals surface area contributed by atoms with Crippen LogP contribution in [0.5, 0.6) is 5.75 Å². The monoisotopic (exact) mass is 255 g/mol. The number of benzene rings is 2. The maximum Gasteiger partial charge on any atom is 0.343 e. The SMILES string of the molecule is CN(C)Cc1cccc(OC(=O)c2ccccc2)c1. The Labute approximate surface area is 113 Å². The summed E-state index contributed by atoms with van der Waals surface area (Å²) in [7, 11) is 4.01. The maximum absolute atomic E-state index is 11.9. The molecule has 0 N–H and O–H groups in total. The van der Waals surface area contributed by atoms with E-state index in [1.54, 1.807) is 18.2 Å². The molecule has 2 aromatic rings. The van der Waals surface area contributed by atoms with Crippen LogP contribution in [0.2, 0.25) is 0 Å². The molecule has 0 unspecified atom stereocenters. The van der Waals surface area contributed by atoms with Crippen molar-refractivity contribution in [1.29, 1.82) is 0 Å². The van der Waals surface area contributed by atoms with Gasteiger partial charge in [-0.05, 0) is 43.9 Å². The fraction of sp³-hybridized carbons (Fsp3) is 0.188. The third kappa shape index (κ3) is 3.93. The van der Waals surface area contributed by atoms with Crippen LogP contribution in [0.1, 0.15) is 15.9 Å². The molecule has 0 heterocycles. The fourth-order valence-electron chi connectivity index (χ4n) is 1.81. The van der Waals surface area contributed by atoms with Crippen LogP contribution >= 0.6 is 0 Å². The minimum absolute atomic E-state index is 0.331. The molecule has 0 bridgehead atoms. The molecule has 0 saturated carbocycles. The molecule has 2 rings (SSSR count). The van der Waals surface area contributed by atoms with Gasteiger partial charge in [-0.15, -0.1) is 0 Å². The zero-order chi connectivity index (χ0) is 13.7. The van der Waals surface area contributed by atoms with Crippen molar-refractivity contribution >= 4 is 5.97 Å². The fourth-order valence-corrected chi connectivity index (χ4v) is 1.81. The van der Waals surface area contributed by atoms with Gasteiger partial charge in [0.15, 0.2) is 0 Å². The van der Waals surface area contributed by atoms with Gasteiger partial charge in [0.25, 0.3) is 0 Å². The van der Waals surface area contributed by atoms with Crippen molar-refractivity contribution in [1.82, 2.24) is 4.90 Å². The largest absolute Gasteiger partial charge is 0.423 e. The van der Waals surface area contributed by atoms with E-state index in [0.717, 1.165) is 12.1 Å². The van der Waals surface area contributed by atoms with E-state index in [1.807, 2.05) is 50.5 Å². The molecule has 0 aliphatic rings. The van der Waals surface area contributed by atoms with E-state index in [0.29, 0.717) is 11.3 Å². The summed E-state index contributed by atoms with van der Waals surface area (Å²) in [5.74, 6) is 0.246. The van der Waals surface area contributed by atoms with Gasteiger partial charge < -0.3 is 9.64 Å². The first-order valence-electron chi connectivity index (χ1n) is 6.16. The number of hydrogen-bond acceptors (Lipinski definition) is 3. The molecule has 0 saturated heterocycles. The minimum Gasteiger partial charge on any atom is -0.423 e. The summed E-state index contributed by atoms with van der Waals surface area (Å²) in [6, 6.07) is 16.6. The Morgan fingerprint density at radius 3 is 2.47 bits per heavy atom. The van der Waals surface area contributed by atoms with E-state index in [1.165, 1.54) is 0 Å². The van der Waals surface area contributed by atoms with Gasteiger partial charge in [0, 0.05) is 6.54 Å². The average molecular weight is 255 g/mol. The molecule has 0 spiro atoms. The Kier molecular flexibility index (Phi) is 4.31. The first-order chi connectivity index (χ1) is 9.15. The van der Waals surface area contributed by atoms with Gasteiger partial charge in [-0.1, -0.05) is 30.3 Å². The van der Waals surface area contributed by atoms with E-state index in [2.05, 4.69) is 4.90 Å². The first-order valence-corrected chi connectivity index (χ1v) is 6.16. The summed E-state index contributed by atoms with van der Waals surface area (Å²) < 4.78 is 5.37. The van der Waals surface area contributed by atoms with Crippen molar-refractivity contribution < 1.29 is 9.53 Å². The second-order valence-corrected chi connectivity index (χ2v) is 4.64. The molecule has 0 aliphatic heterocycles. The van der Waals surface area contributed by atoms with Gasteiger partial charge in [0.2, 0.25) is 0 Å². The predicted molar refractivity (Wildman–Crippen MR) is 75.2 cm³/mol. The molecule has 98 valence electrons. The second kappa shape index (κ2) is 6.16. The van der Waals surface area contributed by atoms with Crippen molar-refractivity contribution in [3.8, 4) is 5.75 Å². The molecular formula is C16H17NO2. The Balaban J connectivity index is 2.09. The summed E-state index contributed by atoms with van der Waals surface area (Å²) >= 11 is 0. The smallest absolute Gasteiger partial charge is 0.343 e. The van der Waals surface area contributed by atoms with Crippen LogP contribution in [0.3, 0.4) is 0 Å². The van der Waals surface area contributed by atoms with Gasteiger partial charge in [-0.25, -0.2) is 4.79 Å². The molecule has 19 heavy (non-hydrogen) atoms. The summed E-state index contributed by atoms with van der Waals surface area (Å²) in [4.78, 5) is 14.0. The first kappa shape index (κ1) is 13.3. The van der Waals surface area contributed by atoms with Crippen LogP contribution in [-0.4, -0.2) is 25.0 Å². The van der Waals surface area contributed by atoms with Crippen LogP contribution in [0.4, 0.5) is 0 Å². The lowest BCUT2D eigenvalue weighted by Crippen LogP contribution is -2.11. The molecule has 0 aliphatic carbocycles. The normalized spacial score (nSPS) is 10.5. The van der Waals surface area contributed by atoms with Crippen molar-refractivity contribution in [3.63, 3.8) is 0 Å². The van der Waals surface area contributed by atoms with Crippen molar-refractivity contribution in [2.24, 2.45) is 0 Å². The summed E-state index contributed by atoms with van der Waals surface area (Å²) in [5, 5.41) is 0. The van der Waals surface area contributed by atoms with Crippen LogP contribution in [0, 0.1) is 0 Å². The van der Waals surface area contributed by atoms with Crippen LogP contribution < -0.4 is 4.74 Å². The highest BCUT2D eigenvalue weighted by Crippen LogP contribution is 2.16. The highest BCUT2D eigenvalue weighted by molar-refractivity contribution is 5.90. The summed E-state index contributed by atoms with van der Waals surface area (Å²) in [6.45, 7) is 0.816. The number of hydrogen-bond donors (Lipinski definition) is 0. The number of ether oxygens (including phenoxy) is 1. The number of carbonyl (C=O) groups is 1. The summed E-state index contributed by atoms with van der Waals surface area (Å²) in [6.07, 6.45) is 0. The Morgan fingerprint density at radius 1 is 1.05 bits per heavy atom. The number of carbonyl (C=O) groups excluding carboxylic acids is 1. The van der Waals surface area contributed by atoms with Crippen LogP contribution in [0.15, 0.2) is 54.6 Å². The Bertz CT molecular complexity index is 550. The molecule has 0 fully saturated rings. The van der Waals surface area contributed by atoms with Crippen LogP contribution in [0.25, 0.3) is 0 Å². The van der Waals surface area contributed by atoms with Crippen LogP contribution in [-0.2, 0) is 6.54 Å². The second-order valence-electron chi connectivity index (χ2n) is 4.64. The molecule has 0 amide bonds. The van der Waals surface area contributed by atoms with E-state index in [9.17, 15) is 4.79 Å². The van der Waals surface area contributed by atoms with Gasteiger partial charge in [0.1, 0.15) is 5.75 Å². The number of nitrogens with zero attached hydrogens (tertiary/aromatic N) is 1. The standard InChI is InChI=1S/C16H17NO2/c1-17(2)12-13-7-6-10-15(11-13)19-16(18)14-8-4-3-5-9-14/h3-11H,12H2,1-2H3. The van der Waals surface area contributed by atoms with E-state index < -0.39 is 0 Å². The third-order valence-electron chi connectivity index (χ3n) is 2.62. The topological polar surface area (TPSA) is 29.5 Å². The molecule has 0 aromatic heterocycles. The van der Waals surface area contributed by atoms with Gasteiger partial charge in [-0.2, -0.15) is 0 Å². The molecular weight excluding hydrogens is 238 g/mol. The quantitative estimate of drug-likeness (QED) is 0.621. The lowest BCUT2D eigenvalue weighted by Gasteiger charge is -2.11. The number of rotatable bonds is 4. The maximum atomic E-state index is 11.9. The molecule has 3 heteroatoms. The summed E-state index contributed by atoms with van der Waals surface area (Å²) in [5.41, 5.74) is 1.67. The van der Waals surface area contributed by atoms with E-state index in [-0.39, 0.29) is 5.97 Å². The molecule has 2 aromatic carbocycles. The highest BCUT2D eigenvalue weighted by Gasteiger charge is 2.08. The van der Waals surface area contributed by atoms with Gasteiger partial charge in [0.05, 0.1) is 5.56 Å². The Hall–Kier alpha value is -2.13. The lowest BCUT2D eigenvalue weighted by atomic mass is 10.2. The van der Waals surface area contributed by atoms with E-state index >= 15 is 0 Å². The minimum atomic E-state index is -0.331. The van der Waals surface area contributed by atoms with Crippen molar-refractivity contribution in [2.45, 2.75) is 6.54 Å². The molecule has 3 nitrogen and oxygen atoms in total.